The molecule has 0 fully saturated rings. The second-order valence-corrected chi connectivity index (χ2v) is 5.07. The Morgan fingerprint density at radius 2 is 2.35 bits per heavy atom. The summed E-state index contributed by atoms with van der Waals surface area (Å²) in [4.78, 5) is 5.75. The molecule has 5 heteroatoms. The molecule has 0 amide bonds. The van der Waals surface area contributed by atoms with Crippen LogP contribution in [0.15, 0.2) is 22.5 Å². The molecular weight excluding hydrogens is 345 g/mol. The Bertz CT molecular complexity index is 312. The zero-order valence-corrected chi connectivity index (χ0v) is 13.6. The number of thiophene rings is 1. The van der Waals surface area contributed by atoms with Crippen LogP contribution in [0.2, 0.25) is 0 Å². The van der Waals surface area contributed by atoms with Crippen molar-refractivity contribution in [3.8, 4) is 0 Å². The third-order valence-corrected chi connectivity index (χ3v) is 3.16. The van der Waals surface area contributed by atoms with E-state index in [0.717, 1.165) is 25.9 Å². The van der Waals surface area contributed by atoms with Gasteiger partial charge in [0, 0.05) is 18.0 Å². The molecule has 1 atom stereocenters. The molecule has 0 radical (unpaired) electrons. The molecule has 3 N–H and O–H groups in total. The van der Waals surface area contributed by atoms with Gasteiger partial charge in [0.2, 0.25) is 0 Å². The fourth-order valence-electron chi connectivity index (χ4n) is 1.40. The van der Waals surface area contributed by atoms with Gasteiger partial charge in [-0.1, -0.05) is 19.9 Å². The molecule has 1 aromatic heterocycles. The van der Waals surface area contributed by atoms with Gasteiger partial charge in [-0.3, -0.25) is 4.99 Å². The third kappa shape index (κ3) is 7.59. The van der Waals surface area contributed by atoms with E-state index in [1.165, 1.54) is 4.88 Å². The van der Waals surface area contributed by atoms with Gasteiger partial charge in [0.05, 0.1) is 0 Å². The van der Waals surface area contributed by atoms with E-state index in [1.54, 1.807) is 11.3 Å². The van der Waals surface area contributed by atoms with Crippen LogP contribution in [-0.2, 0) is 6.42 Å². The molecule has 0 saturated heterocycles. The van der Waals surface area contributed by atoms with E-state index < -0.39 is 0 Å². The highest BCUT2D eigenvalue weighted by atomic mass is 127. The van der Waals surface area contributed by atoms with Crippen LogP contribution >= 0.6 is 35.3 Å². The van der Waals surface area contributed by atoms with Gasteiger partial charge in [0.15, 0.2) is 5.96 Å². The minimum absolute atomic E-state index is 0. The fraction of sp³-hybridized carbons (Fsp3) is 0.583. The monoisotopic (exact) mass is 367 g/mol. The first-order valence-corrected chi connectivity index (χ1v) is 6.66. The molecule has 0 spiro atoms. The van der Waals surface area contributed by atoms with Gasteiger partial charge in [-0.2, -0.15) is 0 Å². The maximum Gasteiger partial charge on any atom is 0.188 e. The van der Waals surface area contributed by atoms with Gasteiger partial charge in [0.25, 0.3) is 0 Å². The normalized spacial score (nSPS) is 12.9. The van der Waals surface area contributed by atoms with Crippen LogP contribution in [0.4, 0.5) is 0 Å². The van der Waals surface area contributed by atoms with Crippen LogP contribution in [0.25, 0.3) is 0 Å². The van der Waals surface area contributed by atoms with Gasteiger partial charge in [-0.15, -0.1) is 35.3 Å². The zero-order chi connectivity index (χ0) is 11.8. The lowest BCUT2D eigenvalue weighted by Gasteiger charge is -2.08. The second-order valence-electron chi connectivity index (χ2n) is 4.04. The molecule has 0 aliphatic carbocycles. The number of guanidine groups is 1. The van der Waals surface area contributed by atoms with Crippen molar-refractivity contribution in [1.29, 1.82) is 0 Å². The summed E-state index contributed by atoms with van der Waals surface area (Å²) in [6, 6.07) is 4.26. The first-order chi connectivity index (χ1) is 7.72. The van der Waals surface area contributed by atoms with Crippen LogP contribution in [0.1, 0.15) is 25.1 Å². The molecule has 0 aliphatic heterocycles. The Morgan fingerprint density at radius 3 is 2.94 bits per heavy atom. The molecule has 0 saturated carbocycles. The molecule has 1 rings (SSSR count). The van der Waals surface area contributed by atoms with Crippen LogP contribution in [0.5, 0.6) is 0 Å². The Kier molecular flexibility index (Phi) is 9.53. The van der Waals surface area contributed by atoms with E-state index in [2.05, 4.69) is 41.7 Å². The largest absolute Gasteiger partial charge is 0.370 e. The summed E-state index contributed by atoms with van der Waals surface area (Å²) < 4.78 is 0. The van der Waals surface area contributed by atoms with Crippen molar-refractivity contribution in [2.24, 2.45) is 16.6 Å². The van der Waals surface area contributed by atoms with Crippen molar-refractivity contribution < 1.29 is 0 Å². The number of hydrogen-bond donors (Lipinski definition) is 2. The van der Waals surface area contributed by atoms with Gasteiger partial charge < -0.3 is 11.1 Å². The summed E-state index contributed by atoms with van der Waals surface area (Å²) in [6.07, 6.45) is 2.16. The Hall–Kier alpha value is -0.300. The van der Waals surface area contributed by atoms with Crippen LogP contribution in [-0.4, -0.2) is 19.0 Å². The van der Waals surface area contributed by atoms with Gasteiger partial charge in [0.1, 0.15) is 0 Å². The minimum Gasteiger partial charge on any atom is -0.370 e. The molecule has 0 aliphatic rings. The molecule has 1 unspecified atom stereocenters. The number of nitrogens with zero attached hydrogens (tertiary/aromatic N) is 1. The van der Waals surface area contributed by atoms with E-state index in [-0.39, 0.29) is 24.0 Å². The van der Waals surface area contributed by atoms with Gasteiger partial charge in [-0.25, -0.2) is 0 Å². The summed E-state index contributed by atoms with van der Waals surface area (Å²) in [7, 11) is 0. The Labute approximate surface area is 125 Å². The average Bonchev–Trinajstić information content (AvgIpc) is 2.76. The maximum atomic E-state index is 5.72. The molecule has 98 valence electrons. The topological polar surface area (TPSA) is 50.4 Å². The van der Waals surface area contributed by atoms with Gasteiger partial charge >= 0.3 is 0 Å². The molecule has 0 bridgehead atoms. The standard InChI is InChI=1S/C12H21N3S.HI/c1-3-6-14-12(13)15-9-10(2)8-11-5-4-7-16-11;/h4-5,7,10H,3,6,8-9H2,1-2H3,(H3,13,14,15);1H. The summed E-state index contributed by atoms with van der Waals surface area (Å²) >= 11 is 1.80. The number of nitrogens with two attached hydrogens (primary N) is 1. The van der Waals surface area contributed by atoms with Crippen LogP contribution < -0.4 is 11.1 Å². The second kappa shape index (κ2) is 9.70. The van der Waals surface area contributed by atoms with E-state index in [1.807, 2.05) is 0 Å². The average molecular weight is 367 g/mol. The lowest BCUT2D eigenvalue weighted by Crippen LogP contribution is -2.32. The lowest BCUT2D eigenvalue weighted by atomic mass is 10.1. The van der Waals surface area contributed by atoms with Crippen molar-refractivity contribution in [2.45, 2.75) is 26.7 Å². The Morgan fingerprint density at radius 1 is 1.59 bits per heavy atom. The molecule has 17 heavy (non-hydrogen) atoms. The van der Waals surface area contributed by atoms with E-state index in [0.29, 0.717) is 11.9 Å². The van der Waals surface area contributed by atoms with E-state index in [9.17, 15) is 0 Å². The summed E-state index contributed by atoms with van der Waals surface area (Å²) in [5, 5.41) is 5.19. The fourth-order valence-corrected chi connectivity index (χ4v) is 2.27. The first kappa shape index (κ1) is 16.7. The van der Waals surface area contributed by atoms with Crippen LogP contribution in [0, 0.1) is 5.92 Å². The molecule has 1 heterocycles. The van der Waals surface area contributed by atoms with Gasteiger partial charge in [-0.05, 0) is 30.2 Å². The van der Waals surface area contributed by atoms with Crippen molar-refractivity contribution in [2.75, 3.05) is 13.1 Å². The SMILES string of the molecule is CCCNC(N)=NCC(C)Cc1cccs1.I. The highest BCUT2D eigenvalue weighted by Crippen LogP contribution is 2.14. The van der Waals surface area contributed by atoms with E-state index in [4.69, 9.17) is 5.73 Å². The van der Waals surface area contributed by atoms with Crippen molar-refractivity contribution in [1.82, 2.24) is 5.32 Å². The number of aliphatic imine (C=N–C) groups is 1. The number of hydrogen-bond acceptors (Lipinski definition) is 2. The highest BCUT2D eigenvalue weighted by molar-refractivity contribution is 14.0. The third-order valence-electron chi connectivity index (χ3n) is 2.26. The van der Waals surface area contributed by atoms with E-state index >= 15 is 0 Å². The van der Waals surface area contributed by atoms with Crippen LogP contribution in [0.3, 0.4) is 0 Å². The van der Waals surface area contributed by atoms with Crippen molar-refractivity contribution >= 4 is 41.3 Å². The first-order valence-electron chi connectivity index (χ1n) is 5.78. The summed E-state index contributed by atoms with van der Waals surface area (Å²) in [6.45, 7) is 6.01. The molecule has 1 aromatic rings. The predicted octanol–water partition coefficient (Wildman–Crippen LogP) is 2.86. The number of halogens is 1. The van der Waals surface area contributed by atoms with Crippen molar-refractivity contribution in [3.05, 3.63) is 22.4 Å². The maximum absolute atomic E-state index is 5.72. The lowest BCUT2D eigenvalue weighted by molar-refractivity contribution is 0.597. The highest BCUT2D eigenvalue weighted by Gasteiger charge is 2.03. The number of rotatable bonds is 6. The molecule has 0 aromatic carbocycles. The summed E-state index contributed by atoms with van der Waals surface area (Å²) in [5.74, 6) is 1.11. The predicted molar refractivity (Wildman–Crippen MR) is 87.4 cm³/mol. The molecule has 3 nitrogen and oxygen atoms in total. The Balaban J connectivity index is 0.00000256. The quantitative estimate of drug-likeness (QED) is 0.462. The smallest absolute Gasteiger partial charge is 0.188 e. The zero-order valence-electron chi connectivity index (χ0n) is 10.5. The molecular formula is C12H22IN3S. The minimum atomic E-state index is 0. The number of nitrogens with one attached hydrogen (secondary N) is 1. The van der Waals surface area contributed by atoms with Crippen molar-refractivity contribution in [3.63, 3.8) is 0 Å². The summed E-state index contributed by atoms with van der Waals surface area (Å²) in [5.41, 5.74) is 5.72.